The lowest BCUT2D eigenvalue weighted by Crippen LogP contribution is -2.21. The van der Waals surface area contributed by atoms with Crippen LogP contribution in [-0.4, -0.2) is 23.7 Å². The molecule has 4 heteroatoms. The summed E-state index contributed by atoms with van der Waals surface area (Å²) < 4.78 is 5.61. The number of ether oxygens (including phenoxy) is 1. The highest BCUT2D eigenvalue weighted by molar-refractivity contribution is 5.93. The van der Waals surface area contributed by atoms with E-state index in [4.69, 9.17) is 10.3 Å². The molecule has 0 bridgehead atoms. The van der Waals surface area contributed by atoms with Crippen LogP contribution in [0.3, 0.4) is 0 Å². The Bertz CT molecular complexity index is 338. The first-order chi connectivity index (χ1) is 7.81. The van der Waals surface area contributed by atoms with Crippen LogP contribution in [0.4, 0.5) is 0 Å². The zero-order chi connectivity index (χ0) is 11.8. The number of nitrogens with zero attached hydrogens (tertiary/aromatic N) is 2. The first-order valence-electron chi connectivity index (χ1n) is 5.81. The minimum absolute atomic E-state index is 0.633. The summed E-state index contributed by atoms with van der Waals surface area (Å²) >= 11 is 0. The molecule has 0 aromatic heterocycles. The molecule has 0 unspecified atom stereocenters. The van der Waals surface area contributed by atoms with Crippen molar-refractivity contribution in [2.75, 3.05) is 13.2 Å². The number of hydrogen-bond donors (Lipinski definition) is 1. The molecule has 1 rings (SSSR count). The van der Waals surface area contributed by atoms with Crippen LogP contribution in [0.5, 0.6) is 0 Å². The standard InChI is InChI=1S/C12H19N3O/c1-3-7-14-11-6-5-10(15-13)9-12(11)16-8-4-2/h6,9,14H,3-5,7-8H2,1-2H3. The number of allylic oxidation sites excluding steroid dienone is 2. The van der Waals surface area contributed by atoms with Crippen molar-refractivity contribution in [3.8, 4) is 0 Å². The first-order valence-corrected chi connectivity index (χ1v) is 5.81. The van der Waals surface area contributed by atoms with Gasteiger partial charge in [0.25, 0.3) is 5.71 Å². The van der Waals surface area contributed by atoms with Crippen molar-refractivity contribution in [2.45, 2.75) is 33.1 Å². The van der Waals surface area contributed by atoms with Gasteiger partial charge in [-0.3, -0.25) is 0 Å². The fourth-order valence-corrected chi connectivity index (χ4v) is 1.42. The molecule has 0 spiro atoms. The second kappa shape index (κ2) is 6.85. The third-order valence-corrected chi connectivity index (χ3v) is 2.23. The van der Waals surface area contributed by atoms with Gasteiger partial charge in [-0.15, -0.1) is 0 Å². The fourth-order valence-electron chi connectivity index (χ4n) is 1.42. The average Bonchev–Trinajstić information content (AvgIpc) is 2.34. The van der Waals surface area contributed by atoms with Crippen LogP contribution in [0.15, 0.2) is 23.6 Å². The Morgan fingerprint density at radius 1 is 1.44 bits per heavy atom. The maximum atomic E-state index is 8.73. The maximum absolute atomic E-state index is 8.73. The summed E-state index contributed by atoms with van der Waals surface area (Å²) in [6.45, 7) is 5.78. The highest BCUT2D eigenvalue weighted by atomic mass is 16.5. The summed E-state index contributed by atoms with van der Waals surface area (Å²) in [6, 6.07) is 0. The van der Waals surface area contributed by atoms with Gasteiger partial charge in [-0.1, -0.05) is 13.8 Å². The van der Waals surface area contributed by atoms with Gasteiger partial charge in [0.2, 0.25) is 0 Å². The van der Waals surface area contributed by atoms with E-state index in [1.807, 2.05) is 6.08 Å². The Hall–Kier alpha value is -1.54. The quantitative estimate of drug-likeness (QED) is 0.552. The van der Waals surface area contributed by atoms with E-state index in [0.717, 1.165) is 30.8 Å². The lowest BCUT2D eigenvalue weighted by atomic mass is 10.1. The second-order valence-electron chi connectivity index (χ2n) is 3.70. The van der Waals surface area contributed by atoms with E-state index in [1.165, 1.54) is 0 Å². The lowest BCUT2D eigenvalue weighted by Gasteiger charge is -2.16. The predicted octanol–water partition coefficient (Wildman–Crippen LogP) is 2.25. The molecule has 0 saturated heterocycles. The van der Waals surface area contributed by atoms with E-state index >= 15 is 0 Å². The second-order valence-corrected chi connectivity index (χ2v) is 3.70. The van der Waals surface area contributed by atoms with Crippen LogP contribution in [0, 0.1) is 0 Å². The lowest BCUT2D eigenvalue weighted by molar-refractivity contribution is -0.00586. The molecule has 0 aromatic rings. The first kappa shape index (κ1) is 12.5. The Balaban J connectivity index is 2.70. The van der Waals surface area contributed by atoms with Gasteiger partial charge < -0.3 is 15.6 Å². The molecule has 0 heterocycles. The van der Waals surface area contributed by atoms with Gasteiger partial charge in [0, 0.05) is 6.54 Å². The summed E-state index contributed by atoms with van der Waals surface area (Å²) in [7, 11) is 0. The monoisotopic (exact) mass is 221 g/mol. The molecule has 0 aromatic carbocycles. The van der Waals surface area contributed by atoms with Crippen LogP contribution in [0.2, 0.25) is 0 Å². The topological polar surface area (TPSA) is 57.7 Å². The summed E-state index contributed by atoms with van der Waals surface area (Å²) in [6.07, 6.45) is 6.45. The molecule has 1 aliphatic rings. The maximum Gasteiger partial charge on any atom is 0.299 e. The van der Waals surface area contributed by atoms with Gasteiger partial charge in [-0.05, 0) is 18.9 Å². The normalized spacial score (nSPS) is 15.0. The third-order valence-electron chi connectivity index (χ3n) is 2.23. The Morgan fingerprint density at radius 3 is 2.88 bits per heavy atom. The zero-order valence-electron chi connectivity index (χ0n) is 9.99. The van der Waals surface area contributed by atoms with Gasteiger partial charge in [0.15, 0.2) is 0 Å². The minimum atomic E-state index is 0.633. The van der Waals surface area contributed by atoms with Crippen molar-refractivity contribution in [1.29, 1.82) is 0 Å². The van der Waals surface area contributed by atoms with E-state index in [0.29, 0.717) is 18.7 Å². The highest BCUT2D eigenvalue weighted by Gasteiger charge is 2.17. The molecule has 1 N–H and O–H groups in total. The number of nitrogens with one attached hydrogen (secondary N) is 1. The van der Waals surface area contributed by atoms with E-state index in [2.05, 4.69) is 24.0 Å². The summed E-state index contributed by atoms with van der Waals surface area (Å²) in [5.74, 6) is 0.773. The molecular formula is C12H19N3O. The van der Waals surface area contributed by atoms with Gasteiger partial charge in [-0.25, -0.2) is 0 Å². The van der Waals surface area contributed by atoms with Crippen molar-refractivity contribution in [3.63, 3.8) is 0 Å². The Morgan fingerprint density at radius 2 is 2.25 bits per heavy atom. The fraction of sp³-hybridized carbons (Fsp3) is 0.583. The van der Waals surface area contributed by atoms with Crippen molar-refractivity contribution < 1.29 is 9.53 Å². The molecule has 0 fully saturated rings. The van der Waals surface area contributed by atoms with E-state index in [-0.39, 0.29) is 0 Å². The van der Waals surface area contributed by atoms with Crippen molar-refractivity contribution in [1.82, 2.24) is 5.32 Å². The van der Waals surface area contributed by atoms with Crippen LogP contribution in [0.1, 0.15) is 33.1 Å². The smallest absolute Gasteiger partial charge is 0.299 e. The molecule has 0 atom stereocenters. The van der Waals surface area contributed by atoms with Crippen LogP contribution >= 0.6 is 0 Å². The molecule has 88 valence electrons. The zero-order valence-corrected chi connectivity index (χ0v) is 9.99. The summed E-state index contributed by atoms with van der Waals surface area (Å²) in [4.78, 5) is 3.21. The van der Waals surface area contributed by atoms with Gasteiger partial charge in [0.05, 0.1) is 24.8 Å². The molecule has 16 heavy (non-hydrogen) atoms. The average molecular weight is 221 g/mol. The Kier molecular flexibility index (Phi) is 5.37. The molecule has 0 aliphatic heterocycles. The van der Waals surface area contributed by atoms with Gasteiger partial charge >= 0.3 is 0 Å². The molecule has 0 saturated carbocycles. The Labute approximate surface area is 96.6 Å². The van der Waals surface area contributed by atoms with E-state index in [1.54, 1.807) is 6.08 Å². The van der Waals surface area contributed by atoms with Crippen molar-refractivity contribution in [3.05, 3.63) is 29.1 Å². The van der Waals surface area contributed by atoms with E-state index in [9.17, 15) is 0 Å². The van der Waals surface area contributed by atoms with Crippen LogP contribution in [-0.2, 0) is 4.74 Å². The summed E-state index contributed by atoms with van der Waals surface area (Å²) in [5.41, 5.74) is 10.4. The predicted molar refractivity (Wildman–Crippen MR) is 63.9 cm³/mol. The SMILES string of the molecule is CCCNC1=CCC(=[N+]=[N-])C=C1OCCC. The minimum Gasteiger partial charge on any atom is -0.491 e. The third kappa shape index (κ3) is 3.55. The molecule has 0 radical (unpaired) electrons. The van der Waals surface area contributed by atoms with Crippen LogP contribution < -0.4 is 5.32 Å². The van der Waals surface area contributed by atoms with Crippen molar-refractivity contribution in [2.24, 2.45) is 0 Å². The van der Waals surface area contributed by atoms with Gasteiger partial charge in [0.1, 0.15) is 5.76 Å². The van der Waals surface area contributed by atoms with Crippen molar-refractivity contribution >= 4 is 5.71 Å². The molecular weight excluding hydrogens is 202 g/mol. The number of rotatable bonds is 6. The number of hydrogen-bond acceptors (Lipinski definition) is 2. The highest BCUT2D eigenvalue weighted by Crippen LogP contribution is 2.16. The van der Waals surface area contributed by atoms with E-state index < -0.39 is 0 Å². The van der Waals surface area contributed by atoms with Gasteiger partial charge in [-0.2, -0.15) is 4.79 Å². The summed E-state index contributed by atoms with van der Waals surface area (Å²) in [5, 5.41) is 3.31. The molecule has 1 aliphatic carbocycles. The molecule has 4 nitrogen and oxygen atoms in total. The largest absolute Gasteiger partial charge is 0.491 e. The molecule has 0 amide bonds. The van der Waals surface area contributed by atoms with Crippen LogP contribution in [0.25, 0.3) is 5.53 Å².